The van der Waals surface area contributed by atoms with Gasteiger partial charge in [-0.2, -0.15) is 0 Å². The van der Waals surface area contributed by atoms with E-state index in [0.717, 1.165) is 6.42 Å². The summed E-state index contributed by atoms with van der Waals surface area (Å²) >= 11 is 6.46. The number of allylic oxidation sites excluding steroid dienone is 1. The predicted octanol–water partition coefficient (Wildman–Crippen LogP) is 2.88. The highest BCUT2D eigenvalue weighted by atomic mass is 35.5. The van der Waals surface area contributed by atoms with E-state index in [1.807, 2.05) is 30.4 Å². The van der Waals surface area contributed by atoms with Crippen molar-refractivity contribution in [1.29, 1.82) is 0 Å². The number of rotatable bonds is 6. The van der Waals surface area contributed by atoms with Gasteiger partial charge in [0.2, 0.25) is 5.91 Å². The molecule has 4 aliphatic rings. The molecule has 1 unspecified atom stereocenters. The molecule has 1 N–H and O–H groups in total. The van der Waals surface area contributed by atoms with Crippen LogP contribution >= 0.6 is 11.6 Å². The Bertz CT molecular complexity index is 1090. The molecule has 5 atom stereocenters. The van der Waals surface area contributed by atoms with E-state index < -0.39 is 35.6 Å². The van der Waals surface area contributed by atoms with Crippen LogP contribution in [0.4, 0.5) is 5.69 Å². The summed E-state index contributed by atoms with van der Waals surface area (Å²) in [4.78, 5) is 44.6. The highest BCUT2D eigenvalue weighted by molar-refractivity contribution is 6.34. The summed E-state index contributed by atoms with van der Waals surface area (Å²) in [6.45, 7) is 0.934. The summed E-state index contributed by atoms with van der Waals surface area (Å²) < 4.78 is 12.1. The van der Waals surface area contributed by atoms with Gasteiger partial charge >= 0.3 is 5.97 Å². The molecule has 2 amide bonds. The van der Waals surface area contributed by atoms with Gasteiger partial charge in [0.15, 0.2) is 0 Å². The molecular weight excluding hydrogens is 484 g/mol. The molecule has 0 radical (unpaired) electrons. The van der Waals surface area contributed by atoms with Gasteiger partial charge in [-0.15, -0.1) is 0 Å². The lowest BCUT2D eigenvalue weighted by molar-refractivity contribution is -0.154. The quantitative estimate of drug-likeness (QED) is 0.356. The minimum atomic E-state index is -1.29. The Morgan fingerprint density at radius 3 is 2.72 bits per heavy atom. The van der Waals surface area contributed by atoms with Crippen molar-refractivity contribution in [3.05, 3.63) is 53.6 Å². The largest absolute Gasteiger partial charge is 0.465 e. The summed E-state index contributed by atoms with van der Waals surface area (Å²) in [6, 6.07) is 6.16. The number of ether oxygens (including phenoxy) is 2. The lowest BCUT2D eigenvalue weighted by atomic mass is 9.78. The molecule has 192 valence electrons. The van der Waals surface area contributed by atoms with Crippen molar-refractivity contribution >= 4 is 35.1 Å². The van der Waals surface area contributed by atoms with Gasteiger partial charge in [-0.05, 0) is 44.2 Å². The van der Waals surface area contributed by atoms with E-state index in [4.69, 9.17) is 21.1 Å². The molecule has 9 heteroatoms. The monoisotopic (exact) mass is 514 g/mol. The van der Waals surface area contributed by atoms with E-state index in [1.165, 1.54) is 0 Å². The van der Waals surface area contributed by atoms with Crippen LogP contribution in [0.25, 0.3) is 0 Å². The Morgan fingerprint density at radius 2 is 1.92 bits per heavy atom. The zero-order valence-electron chi connectivity index (χ0n) is 20.1. The fourth-order valence-corrected chi connectivity index (χ4v) is 6.19. The van der Waals surface area contributed by atoms with Gasteiger partial charge in [-0.3, -0.25) is 14.4 Å². The lowest BCUT2D eigenvalue weighted by Crippen LogP contribution is -2.55. The van der Waals surface area contributed by atoms with Gasteiger partial charge in [0.1, 0.15) is 17.6 Å². The van der Waals surface area contributed by atoms with Crippen LogP contribution in [0.5, 0.6) is 0 Å². The zero-order valence-corrected chi connectivity index (χ0v) is 20.8. The number of benzene rings is 1. The molecule has 0 saturated carbocycles. The third-order valence-corrected chi connectivity index (χ3v) is 7.87. The van der Waals surface area contributed by atoms with E-state index in [-0.39, 0.29) is 31.6 Å². The van der Waals surface area contributed by atoms with Crippen molar-refractivity contribution < 1.29 is 29.0 Å². The van der Waals surface area contributed by atoms with Crippen LogP contribution in [0.1, 0.15) is 32.1 Å². The number of carbonyl (C=O) groups excluding carboxylic acids is 3. The zero-order chi connectivity index (χ0) is 25.3. The van der Waals surface area contributed by atoms with Crippen LogP contribution in [0.15, 0.2) is 48.6 Å². The van der Waals surface area contributed by atoms with Gasteiger partial charge in [0.05, 0.1) is 29.3 Å². The number of esters is 1. The van der Waals surface area contributed by atoms with Crippen molar-refractivity contribution in [2.45, 2.75) is 49.9 Å². The number of anilines is 1. The summed E-state index contributed by atoms with van der Waals surface area (Å²) in [6.07, 6.45) is 10.2. The van der Waals surface area contributed by atoms with Crippen LogP contribution in [0.2, 0.25) is 5.02 Å². The molecule has 1 aromatic carbocycles. The summed E-state index contributed by atoms with van der Waals surface area (Å²) in [5.74, 6) is -2.74. The van der Waals surface area contributed by atoms with Crippen molar-refractivity contribution in [3.63, 3.8) is 0 Å². The van der Waals surface area contributed by atoms with E-state index in [0.29, 0.717) is 42.9 Å². The molecule has 1 aromatic rings. The van der Waals surface area contributed by atoms with Crippen LogP contribution < -0.4 is 4.90 Å². The maximum Gasteiger partial charge on any atom is 0.312 e. The Kier molecular flexibility index (Phi) is 7.19. The third-order valence-electron chi connectivity index (χ3n) is 7.55. The van der Waals surface area contributed by atoms with Crippen molar-refractivity contribution in [3.8, 4) is 0 Å². The number of unbranched alkanes of at least 4 members (excludes halogenated alkanes) is 2. The molecule has 5 rings (SSSR count). The average Bonchev–Trinajstić information content (AvgIpc) is 3.27. The van der Waals surface area contributed by atoms with Crippen LogP contribution in [-0.4, -0.2) is 71.8 Å². The van der Waals surface area contributed by atoms with Gasteiger partial charge in [-0.1, -0.05) is 48.0 Å². The molecule has 2 fully saturated rings. The fourth-order valence-electron chi connectivity index (χ4n) is 5.95. The second-order valence-corrected chi connectivity index (χ2v) is 10.1. The number of likely N-dealkylation sites (tertiary alicyclic amines) is 1. The minimum Gasteiger partial charge on any atom is -0.465 e. The predicted molar refractivity (Wildman–Crippen MR) is 133 cm³/mol. The molecule has 36 heavy (non-hydrogen) atoms. The number of hydrogen-bond acceptors (Lipinski definition) is 6. The minimum absolute atomic E-state index is 0.0664. The number of aliphatic hydroxyl groups excluding tert-OH is 1. The van der Waals surface area contributed by atoms with E-state index in [9.17, 15) is 19.5 Å². The lowest BCUT2D eigenvalue weighted by Gasteiger charge is -2.35. The third kappa shape index (κ3) is 4.15. The average molecular weight is 515 g/mol. The summed E-state index contributed by atoms with van der Waals surface area (Å²) in [5, 5.41) is 9.62. The van der Waals surface area contributed by atoms with Crippen LogP contribution in [0.3, 0.4) is 0 Å². The number of amides is 2. The molecule has 0 bridgehead atoms. The number of carbonyl (C=O) groups is 3. The Morgan fingerprint density at radius 1 is 1.08 bits per heavy atom. The van der Waals surface area contributed by atoms with Gasteiger partial charge in [0.25, 0.3) is 5.91 Å². The molecule has 4 aliphatic heterocycles. The molecule has 1 spiro atoms. The van der Waals surface area contributed by atoms with Crippen molar-refractivity contribution in [2.24, 2.45) is 11.8 Å². The maximum atomic E-state index is 14.2. The number of hydrogen-bond donors (Lipinski definition) is 1. The van der Waals surface area contributed by atoms with Crippen LogP contribution in [0, 0.1) is 11.8 Å². The number of aliphatic hydroxyl groups is 1. The second-order valence-electron chi connectivity index (χ2n) is 9.70. The topological polar surface area (TPSA) is 96.4 Å². The van der Waals surface area contributed by atoms with Gasteiger partial charge in [0, 0.05) is 19.7 Å². The van der Waals surface area contributed by atoms with E-state index in [2.05, 4.69) is 0 Å². The second kappa shape index (κ2) is 10.4. The number of fused-ring (bicyclic) bond motifs is 2. The summed E-state index contributed by atoms with van der Waals surface area (Å²) in [5.41, 5.74) is -0.735. The molecular formula is C27H31ClN2O6. The SMILES string of the molecule is O=C1OCCC/C=C\[C@H]2O[C@]34C=CCN(c5ccccc5Cl)C(=O)C3N(CCCCCO)C(=O)[C@@H]4[C@@H]12. The van der Waals surface area contributed by atoms with E-state index >= 15 is 0 Å². The number of cyclic esters (lactones) is 1. The number of nitrogens with zero attached hydrogens (tertiary/aromatic N) is 2. The first kappa shape index (κ1) is 25.0. The molecule has 2 saturated heterocycles. The smallest absolute Gasteiger partial charge is 0.312 e. The highest BCUT2D eigenvalue weighted by Crippen LogP contribution is 2.53. The number of para-hydroxylation sites is 1. The normalized spacial score (nSPS) is 32.7. The Balaban J connectivity index is 1.57. The number of halogens is 1. The van der Waals surface area contributed by atoms with Crippen LogP contribution in [-0.2, 0) is 23.9 Å². The highest BCUT2D eigenvalue weighted by Gasteiger charge is 2.71. The van der Waals surface area contributed by atoms with Gasteiger partial charge < -0.3 is 24.4 Å². The molecule has 4 heterocycles. The van der Waals surface area contributed by atoms with Crippen molar-refractivity contribution in [2.75, 3.05) is 31.2 Å². The van der Waals surface area contributed by atoms with Gasteiger partial charge in [-0.25, -0.2) is 0 Å². The summed E-state index contributed by atoms with van der Waals surface area (Å²) in [7, 11) is 0. The molecule has 0 aromatic heterocycles. The first-order valence-corrected chi connectivity index (χ1v) is 13.0. The molecule has 8 nitrogen and oxygen atoms in total. The maximum absolute atomic E-state index is 14.2. The van der Waals surface area contributed by atoms with Crippen molar-refractivity contribution in [1.82, 2.24) is 4.90 Å². The Hall–Kier alpha value is -2.68. The van der Waals surface area contributed by atoms with E-state index in [1.54, 1.807) is 28.0 Å². The Labute approximate surface area is 215 Å². The standard InChI is InChI=1S/C27H31ClN2O6/c28-18-10-4-5-11-19(18)29-15-9-13-27-22(21-20(36-27)12-3-1-8-17-35-26(21)34)24(32)30(23(27)25(29)33)14-6-2-7-16-31/h3-5,9-13,20-23,31H,1-2,6-8,14-17H2/b12-3-/t20-,21+,22+,23?,27+/m1/s1. The molecule has 0 aliphatic carbocycles. The fraction of sp³-hybridized carbons (Fsp3) is 0.519. The first-order chi connectivity index (χ1) is 17.5. The first-order valence-electron chi connectivity index (χ1n) is 12.7.